The molecular weight excluding hydrogens is 424 g/mol. The van der Waals surface area contributed by atoms with E-state index >= 15 is 0 Å². The minimum atomic E-state index is -0.408. The first-order valence-electron chi connectivity index (χ1n) is 10.2. The number of anilines is 1. The van der Waals surface area contributed by atoms with Gasteiger partial charge in [0.1, 0.15) is 11.4 Å². The van der Waals surface area contributed by atoms with Crippen LogP contribution in [0.5, 0.6) is 5.75 Å². The number of carbonyl (C=O) groups is 2. The number of hydrogen-bond donors (Lipinski definition) is 0. The van der Waals surface area contributed by atoms with Gasteiger partial charge < -0.3 is 9.64 Å². The Morgan fingerprint density at radius 3 is 2.31 bits per heavy atom. The molecule has 1 aliphatic rings. The minimum absolute atomic E-state index is 0.308. The molecule has 0 radical (unpaired) electrons. The van der Waals surface area contributed by atoms with Gasteiger partial charge in [0, 0.05) is 24.2 Å². The topological polar surface area (TPSA) is 49.9 Å². The summed E-state index contributed by atoms with van der Waals surface area (Å²) in [6, 6.07) is 22.2. The molecular formula is C26H23ClN2O3. The fourth-order valence-electron chi connectivity index (χ4n) is 3.86. The molecule has 1 heterocycles. The second-order valence-corrected chi connectivity index (χ2v) is 8.05. The average Bonchev–Trinajstić information content (AvgIpc) is 3.06. The first-order chi connectivity index (χ1) is 15.4. The normalized spacial score (nSPS) is 13.7. The van der Waals surface area contributed by atoms with Gasteiger partial charge in [-0.25, -0.2) is 4.90 Å². The zero-order valence-corrected chi connectivity index (χ0v) is 18.9. The largest absolute Gasteiger partial charge is 0.496 e. The molecule has 0 N–H and O–H groups in total. The van der Waals surface area contributed by atoms with Crippen molar-refractivity contribution in [3.05, 3.63) is 100 Å². The van der Waals surface area contributed by atoms with E-state index in [9.17, 15) is 9.59 Å². The Morgan fingerprint density at radius 1 is 0.938 bits per heavy atom. The lowest BCUT2D eigenvalue weighted by Gasteiger charge is -2.22. The molecule has 32 heavy (non-hydrogen) atoms. The van der Waals surface area contributed by atoms with Crippen LogP contribution in [-0.2, 0) is 16.1 Å². The predicted molar refractivity (Wildman–Crippen MR) is 127 cm³/mol. The summed E-state index contributed by atoms with van der Waals surface area (Å²) in [6.07, 6.45) is 0. The standard InChI is InChI=1S/C26H23ClN2O3/c1-17-13-14-19(15-21(17)27)29-25(30)23(20-11-7-8-12-22(20)32-3)24(26(29)31)28(2)16-18-9-5-4-6-10-18/h4-15H,16H2,1-3H3. The van der Waals surface area contributed by atoms with Crippen LogP contribution in [0, 0.1) is 6.92 Å². The molecule has 0 bridgehead atoms. The number of carbonyl (C=O) groups excluding carboxylic acids is 2. The van der Waals surface area contributed by atoms with E-state index in [1.54, 1.807) is 37.4 Å². The molecule has 0 saturated carbocycles. The molecule has 0 aliphatic carbocycles. The van der Waals surface area contributed by atoms with Crippen molar-refractivity contribution in [3.8, 4) is 5.75 Å². The molecule has 0 saturated heterocycles. The van der Waals surface area contributed by atoms with Gasteiger partial charge in [0.25, 0.3) is 11.8 Å². The highest BCUT2D eigenvalue weighted by atomic mass is 35.5. The van der Waals surface area contributed by atoms with E-state index in [2.05, 4.69) is 0 Å². The van der Waals surface area contributed by atoms with E-state index in [4.69, 9.17) is 16.3 Å². The van der Waals surface area contributed by atoms with Crippen LogP contribution in [-0.4, -0.2) is 30.9 Å². The summed E-state index contributed by atoms with van der Waals surface area (Å²) in [7, 11) is 3.36. The molecule has 0 aromatic heterocycles. The summed E-state index contributed by atoms with van der Waals surface area (Å²) in [6.45, 7) is 2.34. The van der Waals surface area contributed by atoms with Crippen molar-refractivity contribution in [3.63, 3.8) is 0 Å². The molecule has 162 valence electrons. The average molecular weight is 447 g/mol. The van der Waals surface area contributed by atoms with Gasteiger partial charge >= 0.3 is 0 Å². The lowest BCUT2D eigenvalue weighted by atomic mass is 10.0. The third kappa shape index (κ3) is 3.87. The Balaban J connectivity index is 1.85. The van der Waals surface area contributed by atoms with Crippen LogP contribution in [0.3, 0.4) is 0 Å². The van der Waals surface area contributed by atoms with E-state index in [-0.39, 0.29) is 0 Å². The number of hydrogen-bond acceptors (Lipinski definition) is 4. The lowest BCUT2D eigenvalue weighted by Crippen LogP contribution is -2.34. The maximum Gasteiger partial charge on any atom is 0.282 e. The third-order valence-corrected chi connectivity index (χ3v) is 5.90. The molecule has 1 aliphatic heterocycles. The Bertz CT molecular complexity index is 1220. The van der Waals surface area contributed by atoms with Crippen LogP contribution in [0.1, 0.15) is 16.7 Å². The van der Waals surface area contributed by atoms with Crippen molar-refractivity contribution in [2.75, 3.05) is 19.1 Å². The third-order valence-electron chi connectivity index (χ3n) is 5.49. The summed E-state index contributed by atoms with van der Waals surface area (Å²) >= 11 is 6.30. The maximum atomic E-state index is 13.7. The summed E-state index contributed by atoms with van der Waals surface area (Å²) in [4.78, 5) is 30.3. The van der Waals surface area contributed by atoms with Gasteiger partial charge in [-0.05, 0) is 36.2 Å². The number of ether oxygens (including phenoxy) is 1. The van der Waals surface area contributed by atoms with Gasteiger partial charge in [0.05, 0.1) is 18.4 Å². The summed E-state index contributed by atoms with van der Waals surface area (Å²) < 4.78 is 5.51. The fourth-order valence-corrected chi connectivity index (χ4v) is 4.03. The minimum Gasteiger partial charge on any atom is -0.496 e. The van der Waals surface area contributed by atoms with Gasteiger partial charge in [-0.2, -0.15) is 0 Å². The van der Waals surface area contributed by atoms with Crippen LogP contribution >= 0.6 is 11.6 Å². The monoisotopic (exact) mass is 446 g/mol. The number of imide groups is 1. The SMILES string of the molecule is COc1ccccc1C1=C(N(C)Cc2ccccc2)C(=O)N(c2ccc(C)c(Cl)c2)C1=O. The van der Waals surface area contributed by atoms with Gasteiger partial charge in [-0.3, -0.25) is 9.59 Å². The smallest absolute Gasteiger partial charge is 0.282 e. The van der Waals surface area contributed by atoms with E-state index in [0.717, 1.165) is 11.1 Å². The molecule has 3 aromatic rings. The molecule has 0 unspecified atom stereocenters. The van der Waals surface area contributed by atoms with Gasteiger partial charge in [-0.1, -0.05) is 66.2 Å². The number of halogens is 1. The second kappa shape index (κ2) is 8.89. The number of methoxy groups -OCH3 is 1. The Kier molecular flexibility index (Phi) is 6.01. The van der Waals surface area contributed by atoms with Crippen molar-refractivity contribution in [2.45, 2.75) is 13.5 Å². The predicted octanol–water partition coefficient (Wildman–Crippen LogP) is 5.07. The van der Waals surface area contributed by atoms with Crippen molar-refractivity contribution in [2.24, 2.45) is 0 Å². The number of rotatable bonds is 6. The first-order valence-corrected chi connectivity index (χ1v) is 10.6. The zero-order chi connectivity index (χ0) is 22.8. The molecule has 5 nitrogen and oxygen atoms in total. The van der Waals surface area contributed by atoms with Gasteiger partial charge in [-0.15, -0.1) is 0 Å². The summed E-state index contributed by atoms with van der Waals surface area (Å²) in [5.74, 6) is -0.276. The van der Waals surface area contributed by atoms with E-state index in [1.165, 1.54) is 4.90 Å². The lowest BCUT2D eigenvalue weighted by molar-refractivity contribution is -0.120. The molecule has 0 fully saturated rings. The molecule has 6 heteroatoms. The quantitative estimate of drug-likeness (QED) is 0.496. The van der Waals surface area contributed by atoms with Crippen LogP contribution in [0.25, 0.3) is 5.57 Å². The second-order valence-electron chi connectivity index (χ2n) is 7.64. The van der Waals surface area contributed by atoms with Crippen LogP contribution < -0.4 is 9.64 Å². The van der Waals surface area contributed by atoms with Crippen molar-refractivity contribution in [1.82, 2.24) is 4.90 Å². The van der Waals surface area contributed by atoms with Gasteiger partial charge in [0.15, 0.2) is 0 Å². The van der Waals surface area contributed by atoms with Crippen LogP contribution in [0.2, 0.25) is 5.02 Å². The highest BCUT2D eigenvalue weighted by molar-refractivity contribution is 6.46. The molecule has 3 aromatic carbocycles. The summed E-state index contributed by atoms with van der Waals surface area (Å²) in [5, 5.41) is 0.494. The number of para-hydroxylation sites is 1. The zero-order valence-electron chi connectivity index (χ0n) is 18.1. The first kappa shape index (κ1) is 21.7. The fraction of sp³-hybridized carbons (Fsp3) is 0.154. The highest BCUT2D eigenvalue weighted by Gasteiger charge is 2.42. The maximum absolute atomic E-state index is 13.7. The molecule has 0 atom stereocenters. The van der Waals surface area contributed by atoms with E-state index < -0.39 is 11.8 Å². The van der Waals surface area contributed by atoms with Crippen LogP contribution in [0.15, 0.2) is 78.5 Å². The molecule has 4 rings (SSSR count). The molecule has 2 amide bonds. The van der Waals surface area contributed by atoms with E-state index in [0.29, 0.717) is 39.8 Å². The Morgan fingerprint density at radius 2 is 1.62 bits per heavy atom. The van der Waals surface area contributed by atoms with Crippen LogP contribution in [0.4, 0.5) is 5.69 Å². The number of benzene rings is 3. The Labute approximate surface area is 192 Å². The highest BCUT2D eigenvalue weighted by Crippen LogP contribution is 2.39. The van der Waals surface area contributed by atoms with Crippen molar-refractivity contribution < 1.29 is 14.3 Å². The van der Waals surface area contributed by atoms with E-state index in [1.807, 2.05) is 61.3 Å². The Hall–Kier alpha value is -3.57. The summed E-state index contributed by atoms with van der Waals surface area (Å²) in [5.41, 5.74) is 3.53. The molecule has 0 spiro atoms. The number of aryl methyl sites for hydroxylation is 1. The van der Waals surface area contributed by atoms with Crippen molar-refractivity contribution in [1.29, 1.82) is 0 Å². The van der Waals surface area contributed by atoms with Crippen molar-refractivity contribution >= 4 is 34.7 Å². The number of amides is 2. The van der Waals surface area contributed by atoms with Gasteiger partial charge in [0.2, 0.25) is 0 Å². The number of likely N-dealkylation sites (N-methyl/N-ethyl adjacent to an activating group) is 1. The number of nitrogens with zero attached hydrogens (tertiary/aromatic N) is 2.